The van der Waals surface area contributed by atoms with Crippen molar-refractivity contribution in [2.75, 3.05) is 20.1 Å². The van der Waals surface area contributed by atoms with E-state index in [4.69, 9.17) is 23.2 Å². The van der Waals surface area contributed by atoms with E-state index < -0.39 is 29.4 Å². The van der Waals surface area contributed by atoms with Gasteiger partial charge in [0.2, 0.25) is 11.9 Å². The Labute approximate surface area is 165 Å². The van der Waals surface area contributed by atoms with E-state index in [2.05, 4.69) is 5.32 Å². The first-order valence-electron chi connectivity index (χ1n) is 8.33. The zero-order valence-corrected chi connectivity index (χ0v) is 16.1. The van der Waals surface area contributed by atoms with Crippen LogP contribution < -0.4 is 16.0 Å². The summed E-state index contributed by atoms with van der Waals surface area (Å²) in [5.74, 6) is -2.18. The number of piperidine rings is 1. The molecule has 0 bridgehead atoms. The molecule has 0 aliphatic carbocycles. The molecule has 1 aliphatic heterocycles. The fraction of sp³-hybridized carbons (Fsp3) is 0.529. The van der Waals surface area contributed by atoms with Gasteiger partial charge in [-0.25, -0.2) is 0 Å². The monoisotopic (exact) mass is 425 g/mol. The summed E-state index contributed by atoms with van der Waals surface area (Å²) in [5.41, 5.74) is -0.0298. The minimum absolute atomic E-state index is 0.221. The van der Waals surface area contributed by atoms with Gasteiger partial charge in [0.15, 0.2) is 0 Å². The fourth-order valence-electron chi connectivity index (χ4n) is 3.25. The summed E-state index contributed by atoms with van der Waals surface area (Å²) in [6.07, 6.45) is -3.79. The Morgan fingerprint density at radius 1 is 1.30 bits per heavy atom. The van der Waals surface area contributed by atoms with E-state index in [0.717, 1.165) is 20.0 Å². The third-order valence-corrected chi connectivity index (χ3v) is 5.38. The van der Waals surface area contributed by atoms with E-state index in [1.165, 1.54) is 0 Å². The lowest BCUT2D eigenvalue weighted by Gasteiger charge is -2.38. The van der Waals surface area contributed by atoms with Crippen molar-refractivity contribution >= 4 is 35.0 Å². The third kappa shape index (κ3) is 5.27. The predicted molar refractivity (Wildman–Crippen MR) is 96.9 cm³/mol. The zero-order chi connectivity index (χ0) is 20.2. The average molecular weight is 426 g/mol. The number of benzene rings is 1. The van der Waals surface area contributed by atoms with Gasteiger partial charge in [0.05, 0.1) is 10.0 Å². The van der Waals surface area contributed by atoms with Crippen LogP contribution in [0.3, 0.4) is 0 Å². The standard InChI is InChI=1S/C17H20Cl2F3N3O2/c1-23-15(27)14(17(20,21)22)25-13(26)8-16(5-2-6-24-9-16)10-3-4-11(18)12(19)7-10/h3-4,7,14,24H,2,5-6,8-9H2,1H3,(H,23,27)(H,25,26)/t14?,16-/m1/s1. The van der Waals surface area contributed by atoms with Crippen molar-refractivity contribution < 1.29 is 22.8 Å². The van der Waals surface area contributed by atoms with Crippen LogP contribution in [-0.4, -0.2) is 44.2 Å². The van der Waals surface area contributed by atoms with Gasteiger partial charge < -0.3 is 16.0 Å². The highest BCUT2D eigenvalue weighted by Gasteiger charge is 2.46. The minimum atomic E-state index is -4.89. The first kappa shape index (κ1) is 21.8. The summed E-state index contributed by atoms with van der Waals surface area (Å²) < 4.78 is 39.3. The molecule has 2 rings (SSSR count). The van der Waals surface area contributed by atoms with E-state index in [9.17, 15) is 22.8 Å². The van der Waals surface area contributed by atoms with Crippen LogP contribution in [0.15, 0.2) is 18.2 Å². The Hall–Kier alpha value is -1.51. The van der Waals surface area contributed by atoms with Crippen molar-refractivity contribution in [3.8, 4) is 0 Å². The molecule has 1 heterocycles. The lowest BCUT2D eigenvalue weighted by molar-refractivity contribution is -0.171. The van der Waals surface area contributed by atoms with Gasteiger partial charge >= 0.3 is 6.18 Å². The molecule has 0 radical (unpaired) electrons. The maximum absolute atomic E-state index is 13.1. The highest BCUT2D eigenvalue weighted by molar-refractivity contribution is 6.42. The number of carbonyl (C=O) groups excluding carboxylic acids is 2. The van der Waals surface area contributed by atoms with Crippen molar-refractivity contribution in [3.05, 3.63) is 33.8 Å². The van der Waals surface area contributed by atoms with Crippen LogP contribution >= 0.6 is 23.2 Å². The summed E-state index contributed by atoms with van der Waals surface area (Å²) in [4.78, 5) is 24.0. The summed E-state index contributed by atoms with van der Waals surface area (Å²) in [6.45, 7) is 1.14. The first-order chi connectivity index (χ1) is 12.6. The summed E-state index contributed by atoms with van der Waals surface area (Å²) in [6, 6.07) is 2.34. The molecule has 1 aliphatic rings. The van der Waals surface area contributed by atoms with Gasteiger partial charge in [-0.05, 0) is 37.1 Å². The molecule has 1 unspecified atom stereocenters. The maximum atomic E-state index is 13.1. The highest BCUT2D eigenvalue weighted by Crippen LogP contribution is 2.37. The molecule has 2 atom stereocenters. The van der Waals surface area contributed by atoms with Gasteiger partial charge in [0, 0.05) is 25.4 Å². The first-order valence-corrected chi connectivity index (χ1v) is 9.08. The average Bonchev–Trinajstić information content (AvgIpc) is 2.61. The van der Waals surface area contributed by atoms with Crippen molar-refractivity contribution in [2.24, 2.45) is 0 Å². The van der Waals surface area contributed by atoms with Crippen LogP contribution in [0.25, 0.3) is 0 Å². The van der Waals surface area contributed by atoms with Crippen LogP contribution in [0.1, 0.15) is 24.8 Å². The van der Waals surface area contributed by atoms with Gasteiger partial charge in [0.1, 0.15) is 0 Å². The number of rotatable bonds is 5. The SMILES string of the molecule is CNC(=O)C(NC(=O)C[C@]1(c2ccc(Cl)c(Cl)c2)CCCNC1)C(F)(F)F. The largest absolute Gasteiger partial charge is 0.417 e. The van der Waals surface area contributed by atoms with Gasteiger partial charge in [-0.3, -0.25) is 9.59 Å². The number of halogens is 5. The van der Waals surface area contributed by atoms with Crippen molar-refractivity contribution in [1.29, 1.82) is 0 Å². The Morgan fingerprint density at radius 2 is 2.00 bits per heavy atom. The second-order valence-corrected chi connectivity index (χ2v) is 7.34. The minimum Gasteiger partial charge on any atom is -0.357 e. The van der Waals surface area contributed by atoms with Crippen LogP contribution in [0.5, 0.6) is 0 Å². The molecule has 0 aromatic heterocycles. The highest BCUT2D eigenvalue weighted by atomic mass is 35.5. The lowest BCUT2D eigenvalue weighted by atomic mass is 9.72. The molecule has 1 fully saturated rings. The van der Waals surface area contributed by atoms with E-state index in [1.807, 2.05) is 10.6 Å². The Morgan fingerprint density at radius 3 is 2.52 bits per heavy atom. The fourth-order valence-corrected chi connectivity index (χ4v) is 3.55. The van der Waals surface area contributed by atoms with Crippen molar-refractivity contribution in [2.45, 2.75) is 36.9 Å². The molecule has 0 spiro atoms. The Kier molecular flexibility index (Phi) is 6.99. The number of carbonyl (C=O) groups is 2. The van der Waals surface area contributed by atoms with Crippen LogP contribution in [0, 0.1) is 0 Å². The number of nitrogens with one attached hydrogen (secondary N) is 3. The molecule has 1 saturated heterocycles. The topological polar surface area (TPSA) is 70.2 Å². The van der Waals surface area contributed by atoms with E-state index in [1.54, 1.807) is 18.2 Å². The molecular formula is C17H20Cl2F3N3O2. The predicted octanol–water partition coefficient (Wildman–Crippen LogP) is 2.80. The molecule has 1 aromatic carbocycles. The number of likely N-dealkylation sites (N-methyl/N-ethyl adjacent to an activating group) is 1. The van der Waals surface area contributed by atoms with E-state index in [-0.39, 0.29) is 6.42 Å². The maximum Gasteiger partial charge on any atom is 0.417 e. The quantitative estimate of drug-likeness (QED) is 0.679. The Balaban J connectivity index is 2.26. The zero-order valence-electron chi connectivity index (χ0n) is 14.6. The molecule has 27 heavy (non-hydrogen) atoms. The molecule has 2 amide bonds. The molecule has 1 aromatic rings. The van der Waals surface area contributed by atoms with Gasteiger partial charge in [0.25, 0.3) is 5.91 Å². The smallest absolute Gasteiger partial charge is 0.357 e. The summed E-state index contributed by atoms with van der Waals surface area (Å²) in [5, 5.41) is 7.56. The number of hydrogen-bond donors (Lipinski definition) is 3. The summed E-state index contributed by atoms with van der Waals surface area (Å²) in [7, 11) is 1.08. The molecule has 5 nitrogen and oxygen atoms in total. The molecule has 0 saturated carbocycles. The Bertz CT molecular complexity index is 707. The third-order valence-electron chi connectivity index (χ3n) is 4.64. The van der Waals surface area contributed by atoms with Crippen molar-refractivity contribution in [3.63, 3.8) is 0 Å². The molecule has 3 N–H and O–H groups in total. The van der Waals surface area contributed by atoms with Crippen molar-refractivity contribution in [1.82, 2.24) is 16.0 Å². The second-order valence-electron chi connectivity index (χ2n) is 6.52. The second kappa shape index (κ2) is 8.67. The van der Waals surface area contributed by atoms with Crippen LogP contribution in [0.2, 0.25) is 10.0 Å². The van der Waals surface area contributed by atoms with Gasteiger partial charge in [-0.2, -0.15) is 13.2 Å². The molecule has 10 heteroatoms. The number of amides is 2. The number of alkyl halides is 3. The van der Waals surface area contributed by atoms with E-state index in [0.29, 0.717) is 28.6 Å². The van der Waals surface area contributed by atoms with Gasteiger partial charge in [-0.15, -0.1) is 0 Å². The number of hydrogen-bond acceptors (Lipinski definition) is 3. The lowest BCUT2D eigenvalue weighted by Crippen LogP contribution is -2.56. The normalized spacial score (nSPS) is 21.4. The van der Waals surface area contributed by atoms with Crippen LogP contribution in [0.4, 0.5) is 13.2 Å². The van der Waals surface area contributed by atoms with Gasteiger partial charge in [-0.1, -0.05) is 29.3 Å². The molecule has 150 valence electrons. The van der Waals surface area contributed by atoms with Crippen LogP contribution in [-0.2, 0) is 15.0 Å². The summed E-state index contributed by atoms with van der Waals surface area (Å²) >= 11 is 12.0. The van der Waals surface area contributed by atoms with E-state index >= 15 is 0 Å². The molecular weight excluding hydrogens is 406 g/mol.